The molecule has 0 aliphatic heterocycles. The summed E-state index contributed by atoms with van der Waals surface area (Å²) in [7, 11) is 1.78. The molecule has 3 aromatic rings. The van der Waals surface area contributed by atoms with Crippen LogP contribution in [0, 0.1) is 0 Å². The summed E-state index contributed by atoms with van der Waals surface area (Å²) >= 11 is 1.24. The average Bonchev–Trinajstić information content (AvgIpc) is 3.27. The number of halogens is 2. The van der Waals surface area contributed by atoms with E-state index in [9.17, 15) is 13.6 Å². The number of carbonyl (C=O) groups is 1. The van der Waals surface area contributed by atoms with E-state index in [1.165, 1.54) is 36.0 Å². The van der Waals surface area contributed by atoms with Crippen LogP contribution in [-0.2, 0) is 11.8 Å². The maximum Gasteiger partial charge on any atom is 0.387 e. The van der Waals surface area contributed by atoms with Crippen LogP contribution in [0.15, 0.2) is 52.2 Å². The number of nitrogens with one attached hydrogen (secondary N) is 1. The lowest BCUT2D eigenvalue weighted by Gasteiger charge is -2.12. The molecule has 0 fully saturated rings. The fraction of sp³-hybridized carbons (Fsp3) is 0.235. The topological polar surface area (TPSA) is 82.2 Å². The van der Waals surface area contributed by atoms with Gasteiger partial charge in [0.1, 0.15) is 5.75 Å². The van der Waals surface area contributed by atoms with Gasteiger partial charge in [0, 0.05) is 12.7 Å². The van der Waals surface area contributed by atoms with Crippen molar-refractivity contribution < 1.29 is 22.7 Å². The molecule has 1 N–H and O–H groups in total. The van der Waals surface area contributed by atoms with Gasteiger partial charge < -0.3 is 19.0 Å². The van der Waals surface area contributed by atoms with Crippen LogP contribution in [0.4, 0.5) is 14.5 Å². The van der Waals surface area contributed by atoms with Crippen molar-refractivity contribution in [3.05, 3.63) is 42.7 Å². The van der Waals surface area contributed by atoms with Crippen molar-refractivity contribution in [2.24, 2.45) is 7.05 Å². The predicted octanol–water partition coefficient (Wildman–Crippen LogP) is 3.80. The predicted molar refractivity (Wildman–Crippen MR) is 95.7 cm³/mol. The largest absolute Gasteiger partial charge is 0.461 e. The van der Waals surface area contributed by atoms with Crippen LogP contribution >= 0.6 is 11.8 Å². The third kappa shape index (κ3) is 4.64. The van der Waals surface area contributed by atoms with Gasteiger partial charge in [0.2, 0.25) is 5.91 Å². The van der Waals surface area contributed by atoms with E-state index >= 15 is 0 Å². The Morgan fingerprint density at radius 2 is 2.00 bits per heavy atom. The zero-order valence-electron chi connectivity index (χ0n) is 14.4. The Kier molecular flexibility index (Phi) is 5.75. The van der Waals surface area contributed by atoms with Crippen LogP contribution < -0.4 is 10.1 Å². The summed E-state index contributed by atoms with van der Waals surface area (Å²) < 4.78 is 35.6. The molecular formula is C17H16F2N4O3S. The number of furan rings is 1. The number of anilines is 1. The number of rotatable bonds is 7. The Bertz CT molecular complexity index is 898. The number of nitrogens with zero attached hydrogens (tertiary/aromatic N) is 3. The highest BCUT2D eigenvalue weighted by Gasteiger charge is 2.20. The number of amides is 1. The number of benzene rings is 1. The highest BCUT2D eigenvalue weighted by molar-refractivity contribution is 8.00. The highest BCUT2D eigenvalue weighted by atomic mass is 32.2. The molecule has 1 unspecified atom stereocenters. The van der Waals surface area contributed by atoms with Gasteiger partial charge >= 0.3 is 6.61 Å². The number of thioether (sulfide) groups is 1. The minimum Gasteiger partial charge on any atom is -0.461 e. The van der Waals surface area contributed by atoms with Crippen LogP contribution in [0.1, 0.15) is 6.92 Å². The van der Waals surface area contributed by atoms with Crippen LogP contribution in [0.2, 0.25) is 0 Å². The molecule has 3 rings (SSSR count). The molecule has 10 heteroatoms. The third-order valence-electron chi connectivity index (χ3n) is 3.57. The fourth-order valence-electron chi connectivity index (χ4n) is 2.21. The van der Waals surface area contributed by atoms with Crippen molar-refractivity contribution in [3.63, 3.8) is 0 Å². The molecule has 1 aromatic carbocycles. The summed E-state index contributed by atoms with van der Waals surface area (Å²) in [6.45, 7) is -1.16. The Hall–Kier alpha value is -2.88. The maximum atomic E-state index is 12.4. The van der Waals surface area contributed by atoms with Crippen molar-refractivity contribution >= 4 is 23.4 Å². The average molecular weight is 394 g/mol. The summed E-state index contributed by atoms with van der Waals surface area (Å²) in [4.78, 5) is 12.4. The second kappa shape index (κ2) is 8.21. The molecule has 0 aliphatic rings. The summed E-state index contributed by atoms with van der Waals surface area (Å²) in [5.74, 6) is 0.907. The monoisotopic (exact) mass is 394 g/mol. The lowest BCUT2D eigenvalue weighted by atomic mass is 10.3. The van der Waals surface area contributed by atoms with E-state index < -0.39 is 11.9 Å². The van der Waals surface area contributed by atoms with E-state index in [-0.39, 0.29) is 11.7 Å². The molecular weight excluding hydrogens is 378 g/mol. The first-order valence-electron chi connectivity index (χ1n) is 7.89. The van der Waals surface area contributed by atoms with Crippen molar-refractivity contribution in [3.8, 4) is 17.3 Å². The van der Waals surface area contributed by atoms with Crippen LogP contribution in [0.3, 0.4) is 0 Å². The van der Waals surface area contributed by atoms with Gasteiger partial charge in [0.15, 0.2) is 16.7 Å². The van der Waals surface area contributed by atoms with Gasteiger partial charge in [-0.05, 0) is 43.3 Å². The number of hydrogen-bond donors (Lipinski definition) is 1. The summed E-state index contributed by atoms with van der Waals surface area (Å²) in [5, 5.41) is 11.0. The molecule has 2 aromatic heterocycles. The number of aromatic nitrogens is 3. The Morgan fingerprint density at radius 3 is 2.63 bits per heavy atom. The first-order valence-corrected chi connectivity index (χ1v) is 8.77. The van der Waals surface area contributed by atoms with Crippen molar-refractivity contribution in [2.75, 3.05) is 5.32 Å². The number of carbonyl (C=O) groups excluding carboxylic acids is 1. The summed E-state index contributed by atoms with van der Waals surface area (Å²) in [6, 6.07) is 9.23. The molecule has 0 spiro atoms. The molecule has 1 amide bonds. The van der Waals surface area contributed by atoms with Gasteiger partial charge in [-0.15, -0.1) is 10.2 Å². The number of hydrogen-bond acceptors (Lipinski definition) is 6. The van der Waals surface area contributed by atoms with Gasteiger partial charge in [0.25, 0.3) is 0 Å². The van der Waals surface area contributed by atoms with E-state index in [1.807, 2.05) is 0 Å². The second-order valence-electron chi connectivity index (χ2n) is 5.49. The van der Waals surface area contributed by atoms with E-state index in [1.54, 1.807) is 36.9 Å². The molecule has 7 nitrogen and oxygen atoms in total. The van der Waals surface area contributed by atoms with Crippen LogP contribution in [0.5, 0.6) is 5.75 Å². The van der Waals surface area contributed by atoms with E-state index in [0.717, 1.165) is 0 Å². The summed E-state index contributed by atoms with van der Waals surface area (Å²) in [5.41, 5.74) is 0.475. The third-order valence-corrected chi connectivity index (χ3v) is 4.71. The van der Waals surface area contributed by atoms with Crippen molar-refractivity contribution in [1.82, 2.24) is 14.8 Å². The van der Waals surface area contributed by atoms with Gasteiger partial charge in [-0.3, -0.25) is 4.79 Å². The normalized spacial score (nSPS) is 12.2. The first-order chi connectivity index (χ1) is 12.9. The van der Waals surface area contributed by atoms with Gasteiger partial charge in [0.05, 0.1) is 11.5 Å². The number of ether oxygens (including phenoxy) is 1. The van der Waals surface area contributed by atoms with Crippen molar-refractivity contribution in [1.29, 1.82) is 0 Å². The first kappa shape index (κ1) is 18.9. The summed E-state index contributed by atoms with van der Waals surface area (Å²) in [6.07, 6.45) is 1.55. The quantitative estimate of drug-likeness (QED) is 0.614. The van der Waals surface area contributed by atoms with E-state index in [2.05, 4.69) is 20.3 Å². The smallest absolute Gasteiger partial charge is 0.387 e. The molecule has 0 saturated heterocycles. The Balaban J connectivity index is 1.61. The highest BCUT2D eigenvalue weighted by Crippen LogP contribution is 2.26. The van der Waals surface area contributed by atoms with Crippen LogP contribution in [-0.4, -0.2) is 32.5 Å². The molecule has 2 heterocycles. The van der Waals surface area contributed by atoms with Crippen LogP contribution in [0.25, 0.3) is 11.6 Å². The molecule has 0 radical (unpaired) electrons. The molecule has 1 atom stereocenters. The second-order valence-corrected chi connectivity index (χ2v) is 6.80. The maximum absolute atomic E-state index is 12.4. The molecule has 27 heavy (non-hydrogen) atoms. The lowest BCUT2D eigenvalue weighted by molar-refractivity contribution is -0.115. The Morgan fingerprint density at radius 1 is 1.26 bits per heavy atom. The zero-order valence-corrected chi connectivity index (χ0v) is 15.2. The molecule has 0 aliphatic carbocycles. The Labute approximate surface area is 157 Å². The minimum absolute atomic E-state index is 0.0231. The van der Waals surface area contributed by atoms with Gasteiger partial charge in [-0.2, -0.15) is 8.78 Å². The van der Waals surface area contributed by atoms with Gasteiger partial charge in [-0.1, -0.05) is 11.8 Å². The van der Waals surface area contributed by atoms with Gasteiger partial charge in [-0.25, -0.2) is 0 Å². The van der Waals surface area contributed by atoms with E-state index in [4.69, 9.17) is 4.42 Å². The molecule has 0 saturated carbocycles. The standard InChI is InChI=1S/C17H16F2N4O3S/c1-10(15(24)20-11-5-7-12(8-6-11)26-16(18)19)27-17-22-21-14(23(17)2)13-4-3-9-25-13/h3-10,16H,1-2H3,(H,20,24). The zero-order chi connectivity index (χ0) is 19.4. The number of alkyl halides is 2. The lowest BCUT2D eigenvalue weighted by Crippen LogP contribution is -2.22. The van der Waals surface area contributed by atoms with E-state index in [0.29, 0.717) is 22.4 Å². The molecule has 142 valence electrons. The SMILES string of the molecule is CC(Sc1nnc(-c2ccco2)n1C)C(=O)Nc1ccc(OC(F)F)cc1. The molecule has 0 bridgehead atoms. The van der Waals surface area contributed by atoms with Crippen molar-refractivity contribution in [2.45, 2.75) is 23.9 Å². The minimum atomic E-state index is -2.89. The fourth-order valence-corrected chi connectivity index (χ4v) is 3.03.